The molecule has 4 N–H and O–H groups in total. The Morgan fingerprint density at radius 1 is 1.00 bits per heavy atom. The predicted molar refractivity (Wildman–Crippen MR) is 189 cm³/mol. The lowest BCUT2D eigenvalue weighted by Gasteiger charge is -2.35. The van der Waals surface area contributed by atoms with E-state index in [1.54, 1.807) is 24.4 Å². The van der Waals surface area contributed by atoms with Crippen molar-refractivity contribution in [3.8, 4) is 0 Å². The van der Waals surface area contributed by atoms with Gasteiger partial charge in [-0.1, -0.05) is 31.4 Å². The number of carbonyl (C=O) groups excluding carboxylic acids is 5. The van der Waals surface area contributed by atoms with Gasteiger partial charge in [-0.2, -0.15) is 0 Å². The summed E-state index contributed by atoms with van der Waals surface area (Å²) in [7, 11) is 0. The van der Waals surface area contributed by atoms with Crippen molar-refractivity contribution in [2.45, 2.75) is 70.4 Å². The molecule has 3 aliphatic rings. The van der Waals surface area contributed by atoms with Crippen molar-refractivity contribution in [1.29, 1.82) is 0 Å². The molecule has 2 aliphatic heterocycles. The molecule has 15 heteroatoms. The van der Waals surface area contributed by atoms with Gasteiger partial charge in [0.2, 0.25) is 23.6 Å². The van der Waals surface area contributed by atoms with E-state index < -0.39 is 17.4 Å². The first-order valence-corrected chi connectivity index (χ1v) is 18.3. The number of amides is 5. The highest BCUT2D eigenvalue weighted by atomic mass is 32.1. The summed E-state index contributed by atoms with van der Waals surface area (Å²) in [6, 6.07) is 10.2. The quantitative estimate of drug-likeness (QED) is 0.126. The van der Waals surface area contributed by atoms with Crippen LogP contribution in [0.1, 0.15) is 73.0 Å². The molecular weight excluding hydrogens is 675 g/mol. The van der Waals surface area contributed by atoms with Gasteiger partial charge in [-0.15, -0.1) is 11.3 Å². The lowest BCUT2D eigenvalue weighted by molar-refractivity contribution is -0.137. The van der Waals surface area contributed by atoms with E-state index in [0.29, 0.717) is 55.4 Å². The van der Waals surface area contributed by atoms with Crippen molar-refractivity contribution in [2.24, 2.45) is 5.41 Å². The zero-order chi connectivity index (χ0) is 35.6. The van der Waals surface area contributed by atoms with Crippen molar-refractivity contribution in [3.05, 3.63) is 64.8 Å². The maximum absolute atomic E-state index is 13.5. The molecule has 0 radical (unpaired) electrons. The highest BCUT2D eigenvalue weighted by molar-refractivity contribution is 7.13. The van der Waals surface area contributed by atoms with E-state index in [1.807, 2.05) is 23.6 Å². The Hall–Kier alpha value is -4.73. The molecule has 270 valence electrons. The molecule has 2 aromatic heterocycles. The average Bonchev–Trinajstić information content (AvgIpc) is 3.76. The highest BCUT2D eigenvalue weighted by Crippen LogP contribution is 2.39. The fourth-order valence-electron chi connectivity index (χ4n) is 6.93. The van der Waals surface area contributed by atoms with E-state index in [4.69, 9.17) is 14.5 Å². The number of anilines is 3. The molecule has 0 spiro atoms. The van der Waals surface area contributed by atoms with Crippen LogP contribution in [0, 0.1) is 5.41 Å². The zero-order valence-corrected chi connectivity index (χ0v) is 29.2. The summed E-state index contributed by atoms with van der Waals surface area (Å²) in [5.41, 5.74) is 1.95. The topological polar surface area (TPSA) is 181 Å². The minimum atomic E-state index is -0.726. The number of thiazole rings is 1. The largest absolute Gasteiger partial charge is 0.379 e. The van der Waals surface area contributed by atoms with Gasteiger partial charge < -0.3 is 30.3 Å². The minimum Gasteiger partial charge on any atom is -0.379 e. The van der Waals surface area contributed by atoms with Crippen LogP contribution in [0.25, 0.3) is 0 Å². The number of aromatic nitrogens is 2. The smallest absolute Gasteiger partial charge is 0.255 e. The van der Waals surface area contributed by atoms with E-state index in [2.05, 4.69) is 26.3 Å². The van der Waals surface area contributed by atoms with E-state index in [9.17, 15) is 24.0 Å². The summed E-state index contributed by atoms with van der Waals surface area (Å²) in [6.45, 7) is 1.68. The van der Waals surface area contributed by atoms with Gasteiger partial charge in [-0.3, -0.25) is 29.3 Å². The number of hydrogen-bond acceptors (Lipinski definition) is 11. The standard InChI is InChI=1S/C36H43N7O7S/c44-30-11-10-28(32(46)42-30)43-23-26-25(33(43)47)7-5-8-27(26)40-31(45)12-17-49-19-20-50-18-15-37-34(48)36(13-2-1-3-14-36)22-24-6-4-9-29(39-24)41-35-38-16-21-51-35/h4-9,16,21,28H,1-3,10-15,17-20,22-23H2,(H,37,48)(H,40,45)(H,38,39,41)(H,42,44,46). The molecule has 1 aromatic carbocycles. The van der Waals surface area contributed by atoms with Crippen LogP contribution < -0.4 is 21.3 Å². The lowest BCUT2D eigenvalue weighted by atomic mass is 9.70. The number of carbonyl (C=O) groups is 5. The fraction of sp³-hybridized carbons (Fsp3) is 0.472. The summed E-state index contributed by atoms with van der Waals surface area (Å²) >= 11 is 1.50. The Kier molecular flexibility index (Phi) is 12.0. The molecule has 1 saturated heterocycles. The second-order valence-electron chi connectivity index (χ2n) is 13.0. The van der Waals surface area contributed by atoms with Crippen molar-refractivity contribution >= 4 is 57.5 Å². The SMILES string of the molecule is O=C1CCC(N2Cc3c(NC(=O)CCOCCOCCNC(=O)C4(Cc5cccc(Nc6nccs6)n5)CCCCC4)cccc3C2=O)C(=O)N1. The maximum Gasteiger partial charge on any atom is 0.255 e. The van der Waals surface area contributed by atoms with E-state index in [-0.39, 0.29) is 56.0 Å². The predicted octanol–water partition coefficient (Wildman–Crippen LogP) is 3.71. The van der Waals surface area contributed by atoms with Crippen LogP contribution in [-0.4, -0.2) is 83.4 Å². The first-order chi connectivity index (χ1) is 24.8. The number of ether oxygens (including phenoxy) is 2. The van der Waals surface area contributed by atoms with Crippen molar-refractivity contribution in [1.82, 2.24) is 25.5 Å². The molecule has 0 bridgehead atoms. The highest BCUT2D eigenvalue weighted by Gasteiger charge is 2.41. The van der Waals surface area contributed by atoms with Gasteiger partial charge in [0.05, 0.1) is 38.3 Å². The van der Waals surface area contributed by atoms with Crippen molar-refractivity contribution in [3.63, 3.8) is 0 Å². The van der Waals surface area contributed by atoms with Gasteiger partial charge in [0.15, 0.2) is 5.13 Å². The molecule has 1 unspecified atom stereocenters. The first kappa shape index (κ1) is 36.1. The molecule has 3 aromatic rings. The van der Waals surface area contributed by atoms with Crippen LogP contribution >= 0.6 is 11.3 Å². The van der Waals surface area contributed by atoms with Gasteiger partial charge in [-0.25, -0.2) is 9.97 Å². The Balaban J connectivity index is 0.877. The molecule has 1 saturated carbocycles. The van der Waals surface area contributed by atoms with Crippen LogP contribution in [0.2, 0.25) is 0 Å². The molecule has 2 fully saturated rings. The number of pyridine rings is 1. The van der Waals surface area contributed by atoms with Gasteiger partial charge in [0.1, 0.15) is 11.9 Å². The van der Waals surface area contributed by atoms with E-state index >= 15 is 0 Å². The molecule has 6 rings (SSSR count). The third kappa shape index (κ3) is 9.15. The third-order valence-electron chi connectivity index (χ3n) is 9.52. The van der Waals surface area contributed by atoms with Gasteiger partial charge >= 0.3 is 0 Å². The van der Waals surface area contributed by atoms with E-state index in [0.717, 1.165) is 42.9 Å². The molecule has 1 aliphatic carbocycles. The molecule has 5 amide bonds. The summed E-state index contributed by atoms with van der Waals surface area (Å²) in [5, 5.41) is 14.1. The monoisotopic (exact) mass is 717 g/mol. The van der Waals surface area contributed by atoms with Crippen molar-refractivity contribution in [2.75, 3.05) is 43.6 Å². The summed E-state index contributed by atoms with van der Waals surface area (Å²) < 4.78 is 11.3. The molecule has 51 heavy (non-hydrogen) atoms. The van der Waals surface area contributed by atoms with Crippen LogP contribution in [0.3, 0.4) is 0 Å². The van der Waals surface area contributed by atoms with Crippen LogP contribution in [0.4, 0.5) is 16.6 Å². The normalized spacial score (nSPS) is 18.2. The Morgan fingerprint density at radius 3 is 2.59 bits per heavy atom. The number of fused-ring (bicyclic) bond motifs is 1. The second-order valence-corrected chi connectivity index (χ2v) is 13.9. The fourth-order valence-corrected chi connectivity index (χ4v) is 7.46. The third-order valence-corrected chi connectivity index (χ3v) is 10.2. The van der Waals surface area contributed by atoms with E-state index in [1.165, 1.54) is 16.2 Å². The number of hydrogen-bond donors (Lipinski definition) is 4. The molecule has 1 atom stereocenters. The Labute approximate surface area is 300 Å². The summed E-state index contributed by atoms with van der Waals surface area (Å²) in [6.07, 6.45) is 7.62. The summed E-state index contributed by atoms with van der Waals surface area (Å²) in [5.74, 6) is -0.654. The van der Waals surface area contributed by atoms with Crippen LogP contribution in [0.5, 0.6) is 0 Å². The average molecular weight is 718 g/mol. The number of nitrogens with one attached hydrogen (secondary N) is 4. The molecule has 14 nitrogen and oxygen atoms in total. The molecular formula is C36H43N7O7S. The Morgan fingerprint density at radius 2 is 1.80 bits per heavy atom. The van der Waals surface area contributed by atoms with Crippen LogP contribution in [0.15, 0.2) is 48.0 Å². The number of rotatable bonds is 16. The summed E-state index contributed by atoms with van der Waals surface area (Å²) in [4.78, 5) is 73.6. The number of piperidine rings is 1. The number of benzene rings is 1. The molecule has 4 heterocycles. The van der Waals surface area contributed by atoms with Gasteiger partial charge in [0.25, 0.3) is 5.91 Å². The minimum absolute atomic E-state index is 0.0326. The number of imide groups is 1. The first-order valence-electron chi connectivity index (χ1n) is 17.4. The Bertz CT molecular complexity index is 1730. The van der Waals surface area contributed by atoms with Gasteiger partial charge in [-0.05, 0) is 43.5 Å². The zero-order valence-electron chi connectivity index (χ0n) is 28.4. The van der Waals surface area contributed by atoms with Crippen molar-refractivity contribution < 1.29 is 33.4 Å². The maximum atomic E-state index is 13.5. The number of nitrogens with zero attached hydrogens (tertiary/aromatic N) is 3. The second kappa shape index (κ2) is 17.0. The van der Waals surface area contributed by atoms with Gasteiger partial charge in [0, 0.05) is 60.0 Å². The lowest BCUT2D eigenvalue weighted by Crippen LogP contribution is -2.52. The van der Waals surface area contributed by atoms with Crippen LogP contribution in [-0.2, 0) is 41.6 Å².